The number of benzene rings is 1. The summed E-state index contributed by atoms with van der Waals surface area (Å²) in [6, 6.07) is 8.08. The third kappa shape index (κ3) is 5.12. The summed E-state index contributed by atoms with van der Waals surface area (Å²) in [5.74, 6) is 2.42. The molecule has 1 aromatic carbocycles. The van der Waals surface area contributed by atoms with Gasteiger partial charge in [0.15, 0.2) is 5.96 Å². The summed E-state index contributed by atoms with van der Waals surface area (Å²) in [5.41, 5.74) is 2.97. The van der Waals surface area contributed by atoms with Crippen molar-refractivity contribution in [2.24, 2.45) is 4.99 Å². The highest BCUT2D eigenvalue weighted by Gasteiger charge is 2.19. The summed E-state index contributed by atoms with van der Waals surface area (Å²) in [7, 11) is 0. The molecule has 1 aliphatic heterocycles. The Morgan fingerprint density at radius 1 is 1.21 bits per heavy atom. The lowest BCUT2D eigenvalue weighted by atomic mass is 10.1. The van der Waals surface area contributed by atoms with Crippen molar-refractivity contribution in [1.29, 1.82) is 0 Å². The maximum atomic E-state index is 12.1. The topological polar surface area (TPSA) is 82.8 Å². The predicted molar refractivity (Wildman–Crippen MR) is 110 cm³/mol. The van der Waals surface area contributed by atoms with Gasteiger partial charge in [-0.15, -0.1) is 0 Å². The number of aryl methyl sites for hydroxylation is 2. The third-order valence-electron chi connectivity index (χ3n) is 4.82. The second-order valence-corrected chi connectivity index (χ2v) is 6.97. The maximum Gasteiger partial charge on any atom is 0.226 e. The molecule has 1 aromatic heterocycles. The second-order valence-electron chi connectivity index (χ2n) is 6.97. The fraction of sp³-hybridized carbons (Fsp3) is 0.476. The molecule has 0 unspecified atom stereocenters. The van der Waals surface area contributed by atoms with Crippen LogP contribution in [-0.4, -0.2) is 29.9 Å². The lowest BCUT2D eigenvalue weighted by Crippen LogP contribution is -2.36. The first-order chi connectivity index (χ1) is 13.6. The van der Waals surface area contributed by atoms with Crippen LogP contribution in [0.3, 0.4) is 0 Å². The van der Waals surface area contributed by atoms with Gasteiger partial charge in [0.2, 0.25) is 11.8 Å². The molecule has 150 valence electrons. The standard InChI is InChI=1S/C21H29N5O2/c1-4-22-21(24-14-19-25-15(2)16(3)28-19)23-13-17-8-10-18(11-9-17)26-12-6-5-7-20(26)27/h8-11H,4-7,12-14H2,1-3H3,(H2,22,23,24). The maximum absolute atomic E-state index is 12.1. The number of piperidine rings is 1. The number of oxazole rings is 1. The van der Waals surface area contributed by atoms with Gasteiger partial charge in [-0.2, -0.15) is 0 Å². The molecule has 1 fully saturated rings. The number of anilines is 1. The molecule has 7 heteroatoms. The highest BCUT2D eigenvalue weighted by atomic mass is 16.4. The van der Waals surface area contributed by atoms with Gasteiger partial charge in [-0.05, 0) is 51.3 Å². The van der Waals surface area contributed by atoms with E-state index in [4.69, 9.17) is 4.42 Å². The zero-order chi connectivity index (χ0) is 19.9. The summed E-state index contributed by atoms with van der Waals surface area (Å²) in [5, 5.41) is 6.48. The average Bonchev–Trinajstić information content (AvgIpc) is 3.02. The minimum Gasteiger partial charge on any atom is -0.444 e. The molecule has 0 spiro atoms. The van der Waals surface area contributed by atoms with Gasteiger partial charge in [0.05, 0.1) is 18.8 Å². The zero-order valence-corrected chi connectivity index (χ0v) is 16.9. The molecule has 0 aliphatic carbocycles. The van der Waals surface area contributed by atoms with Crippen LogP contribution in [0.5, 0.6) is 0 Å². The number of carbonyl (C=O) groups excluding carboxylic acids is 1. The quantitative estimate of drug-likeness (QED) is 0.592. The van der Waals surface area contributed by atoms with Crippen molar-refractivity contribution in [2.45, 2.75) is 53.1 Å². The summed E-state index contributed by atoms with van der Waals surface area (Å²) >= 11 is 0. The molecule has 1 saturated heterocycles. The Labute approximate surface area is 166 Å². The minimum absolute atomic E-state index is 0.215. The molecule has 0 saturated carbocycles. The van der Waals surface area contributed by atoms with Gasteiger partial charge in [0.1, 0.15) is 5.76 Å². The van der Waals surface area contributed by atoms with Crippen LogP contribution in [0.4, 0.5) is 5.69 Å². The van der Waals surface area contributed by atoms with E-state index in [0.29, 0.717) is 31.4 Å². The van der Waals surface area contributed by atoms with Gasteiger partial charge in [0.25, 0.3) is 0 Å². The normalized spacial score (nSPS) is 15.0. The summed E-state index contributed by atoms with van der Waals surface area (Å²) in [4.78, 5) is 22.9. The Kier molecular flexibility index (Phi) is 6.68. The first-order valence-electron chi connectivity index (χ1n) is 9.91. The van der Waals surface area contributed by atoms with E-state index in [1.165, 1.54) is 0 Å². The number of amides is 1. The highest BCUT2D eigenvalue weighted by Crippen LogP contribution is 2.21. The smallest absolute Gasteiger partial charge is 0.226 e. The van der Waals surface area contributed by atoms with E-state index in [1.807, 2.05) is 49.9 Å². The molecule has 0 bridgehead atoms. The third-order valence-corrected chi connectivity index (χ3v) is 4.82. The van der Waals surface area contributed by atoms with Crippen molar-refractivity contribution in [3.63, 3.8) is 0 Å². The summed E-state index contributed by atoms with van der Waals surface area (Å²) in [6.45, 7) is 8.48. The van der Waals surface area contributed by atoms with Crippen molar-refractivity contribution in [3.8, 4) is 0 Å². The summed E-state index contributed by atoms with van der Waals surface area (Å²) < 4.78 is 5.60. The Bertz CT molecular complexity index is 806. The van der Waals surface area contributed by atoms with Crippen molar-refractivity contribution in [2.75, 3.05) is 18.0 Å². The number of rotatable bonds is 6. The van der Waals surface area contributed by atoms with Crippen molar-refractivity contribution < 1.29 is 9.21 Å². The van der Waals surface area contributed by atoms with Gasteiger partial charge >= 0.3 is 0 Å². The Morgan fingerprint density at radius 3 is 2.64 bits per heavy atom. The number of aromatic nitrogens is 1. The van der Waals surface area contributed by atoms with Gasteiger partial charge in [-0.25, -0.2) is 9.98 Å². The van der Waals surface area contributed by atoms with Crippen LogP contribution >= 0.6 is 0 Å². The van der Waals surface area contributed by atoms with E-state index in [9.17, 15) is 4.79 Å². The van der Waals surface area contributed by atoms with E-state index in [2.05, 4.69) is 20.6 Å². The van der Waals surface area contributed by atoms with Crippen LogP contribution in [0.2, 0.25) is 0 Å². The van der Waals surface area contributed by atoms with Gasteiger partial charge in [-0.3, -0.25) is 4.79 Å². The van der Waals surface area contributed by atoms with Crippen molar-refractivity contribution in [3.05, 3.63) is 47.2 Å². The van der Waals surface area contributed by atoms with Crippen LogP contribution in [0, 0.1) is 13.8 Å². The fourth-order valence-corrected chi connectivity index (χ4v) is 3.15. The Balaban J connectivity index is 1.59. The van der Waals surface area contributed by atoms with Crippen LogP contribution in [0.25, 0.3) is 0 Å². The number of hydrogen-bond donors (Lipinski definition) is 2. The molecular formula is C21H29N5O2. The van der Waals surface area contributed by atoms with Crippen LogP contribution in [0.15, 0.2) is 33.7 Å². The van der Waals surface area contributed by atoms with E-state index in [1.54, 1.807) is 0 Å². The number of hydrogen-bond acceptors (Lipinski definition) is 4. The van der Waals surface area contributed by atoms with Crippen LogP contribution < -0.4 is 15.5 Å². The predicted octanol–water partition coefficient (Wildman–Crippen LogP) is 3.06. The number of carbonyl (C=O) groups is 1. The van der Waals surface area contributed by atoms with E-state index in [0.717, 1.165) is 48.6 Å². The number of nitrogens with one attached hydrogen (secondary N) is 2. The minimum atomic E-state index is 0.215. The van der Waals surface area contributed by atoms with E-state index in [-0.39, 0.29) is 5.91 Å². The summed E-state index contributed by atoms with van der Waals surface area (Å²) in [6.07, 6.45) is 2.71. The van der Waals surface area contributed by atoms with Gasteiger partial charge < -0.3 is 20.0 Å². The first-order valence-corrected chi connectivity index (χ1v) is 9.91. The molecule has 2 N–H and O–H groups in total. The van der Waals surface area contributed by atoms with Crippen LogP contribution in [-0.2, 0) is 17.9 Å². The average molecular weight is 383 g/mol. The van der Waals surface area contributed by atoms with Crippen molar-refractivity contribution in [1.82, 2.24) is 15.6 Å². The Hall–Kier alpha value is -2.83. The van der Waals surface area contributed by atoms with Crippen molar-refractivity contribution >= 4 is 17.6 Å². The molecule has 7 nitrogen and oxygen atoms in total. The van der Waals surface area contributed by atoms with E-state index >= 15 is 0 Å². The number of nitrogens with zero attached hydrogens (tertiary/aromatic N) is 3. The molecule has 3 rings (SSSR count). The second kappa shape index (κ2) is 9.39. The molecular weight excluding hydrogens is 354 g/mol. The molecule has 0 atom stereocenters. The van der Waals surface area contributed by atoms with E-state index < -0.39 is 0 Å². The first kappa shape index (κ1) is 19.9. The largest absolute Gasteiger partial charge is 0.444 e. The monoisotopic (exact) mass is 383 g/mol. The van der Waals surface area contributed by atoms with Gasteiger partial charge in [-0.1, -0.05) is 12.1 Å². The van der Waals surface area contributed by atoms with Gasteiger partial charge in [0, 0.05) is 25.2 Å². The zero-order valence-electron chi connectivity index (χ0n) is 16.9. The molecule has 2 aromatic rings. The molecule has 1 amide bonds. The SMILES string of the molecule is CCNC(=NCc1ccc(N2CCCCC2=O)cc1)NCc1nc(C)c(C)o1. The lowest BCUT2D eigenvalue weighted by molar-refractivity contribution is -0.119. The Morgan fingerprint density at radius 2 is 2.00 bits per heavy atom. The molecule has 0 radical (unpaired) electrons. The highest BCUT2D eigenvalue weighted by molar-refractivity contribution is 5.93. The lowest BCUT2D eigenvalue weighted by Gasteiger charge is -2.26. The molecule has 1 aliphatic rings. The molecule has 2 heterocycles. The van der Waals surface area contributed by atoms with Crippen LogP contribution in [0.1, 0.15) is 49.1 Å². The number of guanidine groups is 1. The number of aliphatic imine (C=N–C) groups is 1. The molecule has 28 heavy (non-hydrogen) atoms. The fourth-order valence-electron chi connectivity index (χ4n) is 3.15.